The molecular formula is C18H21NO3. The Morgan fingerprint density at radius 1 is 0.864 bits per heavy atom. The van der Waals surface area contributed by atoms with Crippen LogP contribution in [-0.4, -0.2) is 17.0 Å². The lowest BCUT2D eigenvalue weighted by atomic mass is 10.1. The lowest BCUT2D eigenvalue weighted by Gasteiger charge is -2.08. The number of unbranched alkanes of at least 4 members (excludes halogenated alkanes) is 3. The summed E-state index contributed by atoms with van der Waals surface area (Å²) in [5, 5.41) is 13.7. The number of carbonyl (C=O) groups excluding carboxylic acids is 1. The van der Waals surface area contributed by atoms with Crippen molar-refractivity contribution < 1.29 is 14.7 Å². The molecule has 0 unspecified atom stereocenters. The summed E-state index contributed by atoms with van der Waals surface area (Å²) < 4.78 is 0. The first-order valence-electron chi connectivity index (χ1n) is 7.66. The average Bonchev–Trinajstić information content (AvgIpc) is 2.51. The molecule has 2 N–H and O–H groups in total. The lowest BCUT2D eigenvalue weighted by molar-refractivity contribution is -0.137. The predicted octanol–water partition coefficient (Wildman–Crippen LogP) is 4.20. The highest BCUT2D eigenvalue weighted by Crippen LogP contribution is 2.23. The molecule has 22 heavy (non-hydrogen) atoms. The largest absolute Gasteiger partial charge is 0.481 e. The van der Waals surface area contributed by atoms with Crippen molar-refractivity contribution in [2.45, 2.75) is 38.5 Å². The van der Waals surface area contributed by atoms with E-state index in [0.717, 1.165) is 35.7 Å². The number of carbonyl (C=O) groups is 2. The van der Waals surface area contributed by atoms with Crippen molar-refractivity contribution in [3.05, 3.63) is 42.5 Å². The maximum Gasteiger partial charge on any atom is 0.303 e. The van der Waals surface area contributed by atoms with Gasteiger partial charge in [-0.05, 0) is 24.3 Å². The minimum atomic E-state index is -0.756. The first kappa shape index (κ1) is 16.0. The van der Waals surface area contributed by atoms with E-state index in [-0.39, 0.29) is 12.3 Å². The number of aliphatic carboxylic acids is 1. The molecule has 0 radical (unpaired) electrons. The molecule has 0 aliphatic heterocycles. The Balaban J connectivity index is 1.78. The van der Waals surface area contributed by atoms with E-state index in [1.165, 1.54) is 0 Å². The lowest BCUT2D eigenvalue weighted by Crippen LogP contribution is -2.11. The number of benzene rings is 2. The van der Waals surface area contributed by atoms with Crippen molar-refractivity contribution >= 4 is 28.3 Å². The molecule has 1 amide bonds. The van der Waals surface area contributed by atoms with Crippen LogP contribution in [-0.2, 0) is 9.59 Å². The number of nitrogens with one attached hydrogen (secondary N) is 1. The van der Waals surface area contributed by atoms with Gasteiger partial charge >= 0.3 is 5.97 Å². The molecular weight excluding hydrogens is 278 g/mol. The minimum Gasteiger partial charge on any atom is -0.481 e. The van der Waals surface area contributed by atoms with Gasteiger partial charge in [-0.3, -0.25) is 9.59 Å². The number of rotatable bonds is 8. The summed E-state index contributed by atoms with van der Waals surface area (Å²) in [4.78, 5) is 22.4. The highest BCUT2D eigenvalue weighted by molar-refractivity contribution is 6.02. The first-order valence-corrected chi connectivity index (χ1v) is 7.66. The molecule has 2 aromatic rings. The highest BCUT2D eigenvalue weighted by Gasteiger charge is 2.05. The van der Waals surface area contributed by atoms with Gasteiger partial charge in [0.05, 0.1) is 0 Å². The van der Waals surface area contributed by atoms with Crippen LogP contribution >= 0.6 is 0 Å². The Bertz CT molecular complexity index is 646. The van der Waals surface area contributed by atoms with Crippen molar-refractivity contribution in [2.24, 2.45) is 0 Å². The number of carboxylic acid groups (broad SMARTS) is 1. The van der Waals surface area contributed by atoms with Crippen LogP contribution in [0.25, 0.3) is 10.8 Å². The number of carboxylic acids is 1. The van der Waals surface area contributed by atoms with Crippen molar-refractivity contribution in [1.82, 2.24) is 0 Å². The third kappa shape index (κ3) is 4.88. The number of fused-ring (bicyclic) bond motifs is 1. The predicted molar refractivity (Wildman–Crippen MR) is 87.9 cm³/mol. The van der Waals surface area contributed by atoms with Crippen LogP contribution in [0.3, 0.4) is 0 Å². The van der Waals surface area contributed by atoms with Crippen molar-refractivity contribution in [1.29, 1.82) is 0 Å². The van der Waals surface area contributed by atoms with E-state index >= 15 is 0 Å². The van der Waals surface area contributed by atoms with Gasteiger partial charge in [-0.15, -0.1) is 0 Å². The number of hydrogen-bond donors (Lipinski definition) is 2. The van der Waals surface area contributed by atoms with Crippen LogP contribution in [0.2, 0.25) is 0 Å². The van der Waals surface area contributed by atoms with Gasteiger partial charge in [0.2, 0.25) is 5.91 Å². The Hall–Kier alpha value is -2.36. The zero-order valence-corrected chi connectivity index (χ0v) is 12.5. The van der Waals surface area contributed by atoms with Crippen LogP contribution in [0, 0.1) is 0 Å². The third-order valence-corrected chi connectivity index (χ3v) is 3.61. The van der Waals surface area contributed by atoms with Gasteiger partial charge < -0.3 is 10.4 Å². The summed E-state index contributed by atoms with van der Waals surface area (Å²) in [5.74, 6) is -0.747. The van der Waals surface area contributed by atoms with Gasteiger partial charge in [0, 0.05) is 23.9 Å². The molecule has 0 saturated carbocycles. The highest BCUT2D eigenvalue weighted by atomic mass is 16.4. The molecule has 4 nitrogen and oxygen atoms in total. The maximum atomic E-state index is 12.0. The summed E-state index contributed by atoms with van der Waals surface area (Å²) in [6.45, 7) is 0. The molecule has 0 fully saturated rings. The quantitative estimate of drug-likeness (QED) is 0.718. The fourth-order valence-electron chi connectivity index (χ4n) is 2.46. The molecule has 116 valence electrons. The summed E-state index contributed by atoms with van der Waals surface area (Å²) in [6, 6.07) is 13.8. The van der Waals surface area contributed by atoms with E-state index in [1.54, 1.807) is 0 Å². The standard InChI is InChI=1S/C18H21NO3/c20-17(12-3-1-2-4-13-18(21)22)19-16-11-7-9-14-8-5-6-10-15(14)16/h5-11H,1-4,12-13H2,(H,19,20)(H,21,22). The fourth-order valence-corrected chi connectivity index (χ4v) is 2.46. The van der Waals surface area contributed by atoms with Crippen molar-refractivity contribution in [3.8, 4) is 0 Å². The number of anilines is 1. The van der Waals surface area contributed by atoms with Gasteiger partial charge in [-0.2, -0.15) is 0 Å². The van der Waals surface area contributed by atoms with Crippen molar-refractivity contribution in [3.63, 3.8) is 0 Å². The average molecular weight is 299 g/mol. The van der Waals surface area contributed by atoms with Gasteiger partial charge in [0.15, 0.2) is 0 Å². The van der Waals surface area contributed by atoms with E-state index in [9.17, 15) is 9.59 Å². The molecule has 0 spiro atoms. The topological polar surface area (TPSA) is 66.4 Å². The third-order valence-electron chi connectivity index (χ3n) is 3.61. The van der Waals surface area contributed by atoms with E-state index in [2.05, 4.69) is 5.32 Å². The summed E-state index contributed by atoms with van der Waals surface area (Å²) >= 11 is 0. The Morgan fingerprint density at radius 3 is 2.32 bits per heavy atom. The monoisotopic (exact) mass is 299 g/mol. The molecule has 2 aromatic carbocycles. The second kappa shape index (κ2) is 8.17. The summed E-state index contributed by atoms with van der Waals surface area (Å²) in [7, 11) is 0. The van der Waals surface area contributed by atoms with Crippen LogP contribution < -0.4 is 5.32 Å². The smallest absolute Gasteiger partial charge is 0.303 e. The normalized spacial score (nSPS) is 10.5. The Labute approximate surface area is 130 Å². The van der Waals surface area contributed by atoms with Crippen LogP contribution in [0.1, 0.15) is 38.5 Å². The zero-order valence-electron chi connectivity index (χ0n) is 12.5. The minimum absolute atomic E-state index is 0.00888. The molecule has 4 heteroatoms. The molecule has 0 atom stereocenters. The zero-order chi connectivity index (χ0) is 15.8. The molecule has 0 aliphatic rings. The molecule has 0 heterocycles. The Kier molecular flexibility index (Phi) is 5.95. The molecule has 0 bridgehead atoms. The van der Waals surface area contributed by atoms with Crippen LogP contribution in [0.5, 0.6) is 0 Å². The van der Waals surface area contributed by atoms with Gasteiger partial charge in [0.1, 0.15) is 0 Å². The molecule has 0 aromatic heterocycles. The first-order chi connectivity index (χ1) is 10.7. The van der Waals surface area contributed by atoms with Gasteiger partial charge in [0.25, 0.3) is 0 Å². The summed E-state index contributed by atoms with van der Waals surface area (Å²) in [6.07, 6.45) is 3.89. The summed E-state index contributed by atoms with van der Waals surface area (Å²) in [5.41, 5.74) is 0.842. The second-order valence-corrected chi connectivity index (χ2v) is 5.38. The Morgan fingerprint density at radius 2 is 1.55 bits per heavy atom. The molecule has 0 saturated heterocycles. The van der Waals surface area contributed by atoms with E-state index in [4.69, 9.17) is 5.11 Å². The van der Waals surface area contributed by atoms with Gasteiger partial charge in [-0.25, -0.2) is 0 Å². The van der Waals surface area contributed by atoms with E-state index < -0.39 is 5.97 Å². The molecule has 2 rings (SSSR count). The van der Waals surface area contributed by atoms with Crippen molar-refractivity contribution in [2.75, 3.05) is 5.32 Å². The van der Waals surface area contributed by atoms with Gasteiger partial charge in [-0.1, -0.05) is 49.2 Å². The van der Waals surface area contributed by atoms with E-state index in [1.807, 2.05) is 42.5 Å². The fraction of sp³-hybridized carbons (Fsp3) is 0.333. The maximum absolute atomic E-state index is 12.0. The number of hydrogen-bond acceptors (Lipinski definition) is 2. The van der Waals surface area contributed by atoms with Crippen LogP contribution in [0.15, 0.2) is 42.5 Å². The van der Waals surface area contributed by atoms with E-state index in [0.29, 0.717) is 12.8 Å². The molecule has 0 aliphatic carbocycles. The SMILES string of the molecule is O=C(O)CCCCCCC(=O)Nc1cccc2ccccc12. The second-order valence-electron chi connectivity index (χ2n) is 5.38. The van der Waals surface area contributed by atoms with Crippen LogP contribution in [0.4, 0.5) is 5.69 Å². The number of amides is 1.